The minimum absolute atomic E-state index is 0.591. The van der Waals surface area contributed by atoms with Crippen LogP contribution >= 0.6 is 11.6 Å². The largest absolute Gasteiger partial charge is 0.298 e. The normalized spacial score (nSPS) is 10.5. The summed E-state index contributed by atoms with van der Waals surface area (Å²) in [5, 5.41) is 0. The molecular weight excluding hydrogens is 186 g/mol. The predicted molar refractivity (Wildman–Crippen MR) is 54.0 cm³/mol. The molecule has 1 aromatic rings. The van der Waals surface area contributed by atoms with Crippen molar-refractivity contribution >= 4 is 24.0 Å². The van der Waals surface area contributed by atoms with E-state index >= 15 is 0 Å². The van der Waals surface area contributed by atoms with Crippen LogP contribution in [0.5, 0.6) is 0 Å². The standard InChI is InChI=1S/C10H10ClNO/c11-4-2-1-3-9-5-10(8-13)7-12-6-9/h1,3,5-8H,2,4H2. The van der Waals surface area contributed by atoms with E-state index in [0.29, 0.717) is 11.4 Å². The molecule has 0 aromatic carbocycles. The van der Waals surface area contributed by atoms with Gasteiger partial charge in [-0.1, -0.05) is 12.2 Å². The monoisotopic (exact) mass is 195 g/mol. The van der Waals surface area contributed by atoms with Crippen LogP contribution in [0.1, 0.15) is 22.3 Å². The summed E-state index contributed by atoms with van der Waals surface area (Å²) in [6.45, 7) is 0. The number of carbonyl (C=O) groups excluding carboxylic acids is 1. The van der Waals surface area contributed by atoms with Gasteiger partial charge in [-0.15, -0.1) is 11.6 Å². The number of aromatic nitrogens is 1. The molecule has 0 radical (unpaired) electrons. The first kappa shape index (κ1) is 9.93. The first-order chi connectivity index (χ1) is 6.36. The van der Waals surface area contributed by atoms with Crippen LogP contribution in [-0.2, 0) is 0 Å². The number of allylic oxidation sites excluding steroid dienone is 1. The molecule has 0 unspecified atom stereocenters. The van der Waals surface area contributed by atoms with Crippen molar-refractivity contribution in [2.45, 2.75) is 6.42 Å². The van der Waals surface area contributed by atoms with E-state index in [9.17, 15) is 4.79 Å². The molecule has 13 heavy (non-hydrogen) atoms. The first-order valence-electron chi connectivity index (χ1n) is 3.99. The van der Waals surface area contributed by atoms with E-state index in [4.69, 9.17) is 11.6 Å². The Morgan fingerprint density at radius 1 is 1.38 bits per heavy atom. The van der Waals surface area contributed by atoms with Crippen LogP contribution in [0.4, 0.5) is 0 Å². The minimum Gasteiger partial charge on any atom is -0.298 e. The van der Waals surface area contributed by atoms with Gasteiger partial charge in [-0.05, 0) is 18.1 Å². The van der Waals surface area contributed by atoms with Crippen molar-refractivity contribution in [3.63, 3.8) is 0 Å². The van der Waals surface area contributed by atoms with E-state index in [1.807, 2.05) is 12.2 Å². The van der Waals surface area contributed by atoms with Gasteiger partial charge in [0, 0.05) is 23.8 Å². The number of rotatable bonds is 4. The molecule has 0 aliphatic carbocycles. The van der Waals surface area contributed by atoms with Gasteiger partial charge in [0.05, 0.1) is 0 Å². The quantitative estimate of drug-likeness (QED) is 0.546. The molecule has 0 aliphatic heterocycles. The molecule has 68 valence electrons. The van der Waals surface area contributed by atoms with Crippen molar-refractivity contribution in [3.8, 4) is 0 Å². The SMILES string of the molecule is O=Cc1cncc(C=CCCCl)c1. The second kappa shape index (κ2) is 5.49. The fourth-order valence-electron chi connectivity index (χ4n) is 0.914. The third-order valence-electron chi connectivity index (χ3n) is 1.50. The van der Waals surface area contributed by atoms with Gasteiger partial charge >= 0.3 is 0 Å². The van der Waals surface area contributed by atoms with Crippen molar-refractivity contribution in [2.75, 3.05) is 5.88 Å². The molecule has 1 aromatic heterocycles. The molecule has 0 spiro atoms. The van der Waals surface area contributed by atoms with E-state index < -0.39 is 0 Å². The number of nitrogens with zero attached hydrogens (tertiary/aromatic N) is 1. The summed E-state index contributed by atoms with van der Waals surface area (Å²) in [6.07, 6.45) is 8.71. The summed E-state index contributed by atoms with van der Waals surface area (Å²) in [5.41, 5.74) is 1.52. The van der Waals surface area contributed by atoms with Gasteiger partial charge in [0.1, 0.15) is 0 Å². The second-order valence-corrected chi connectivity index (χ2v) is 2.93. The minimum atomic E-state index is 0.591. The van der Waals surface area contributed by atoms with Gasteiger partial charge in [0.2, 0.25) is 0 Å². The molecule has 0 fully saturated rings. The van der Waals surface area contributed by atoms with Gasteiger partial charge in [-0.2, -0.15) is 0 Å². The highest BCUT2D eigenvalue weighted by molar-refractivity contribution is 6.17. The summed E-state index contributed by atoms with van der Waals surface area (Å²) in [7, 11) is 0. The number of alkyl halides is 1. The molecule has 0 amide bonds. The van der Waals surface area contributed by atoms with E-state index in [2.05, 4.69) is 4.98 Å². The van der Waals surface area contributed by atoms with E-state index in [1.165, 1.54) is 6.20 Å². The molecular formula is C10H10ClNO. The fourth-order valence-corrected chi connectivity index (χ4v) is 1.04. The number of hydrogen-bond donors (Lipinski definition) is 0. The molecule has 0 N–H and O–H groups in total. The van der Waals surface area contributed by atoms with E-state index in [0.717, 1.165) is 18.3 Å². The van der Waals surface area contributed by atoms with Crippen LogP contribution in [0.25, 0.3) is 6.08 Å². The zero-order chi connectivity index (χ0) is 9.52. The zero-order valence-corrected chi connectivity index (χ0v) is 7.87. The van der Waals surface area contributed by atoms with E-state index in [-0.39, 0.29) is 0 Å². The van der Waals surface area contributed by atoms with Crippen molar-refractivity contribution in [3.05, 3.63) is 35.7 Å². The predicted octanol–water partition coefficient (Wildman–Crippen LogP) is 2.54. The van der Waals surface area contributed by atoms with Crippen molar-refractivity contribution in [1.82, 2.24) is 4.98 Å². The number of aldehydes is 1. The summed E-state index contributed by atoms with van der Waals surface area (Å²) in [5.74, 6) is 0.608. The first-order valence-corrected chi connectivity index (χ1v) is 4.53. The maximum Gasteiger partial charge on any atom is 0.151 e. The Kier molecular flexibility index (Phi) is 4.19. The lowest BCUT2D eigenvalue weighted by Crippen LogP contribution is -1.83. The Hall–Kier alpha value is -1.15. The average molecular weight is 196 g/mol. The number of hydrogen-bond acceptors (Lipinski definition) is 2. The Labute approximate surface area is 82.3 Å². The maximum atomic E-state index is 10.4. The van der Waals surface area contributed by atoms with Crippen LogP contribution in [0, 0.1) is 0 Å². The molecule has 0 atom stereocenters. The third kappa shape index (κ3) is 3.38. The molecule has 1 rings (SSSR count). The summed E-state index contributed by atoms with van der Waals surface area (Å²) in [4.78, 5) is 14.3. The van der Waals surface area contributed by atoms with Crippen molar-refractivity contribution in [1.29, 1.82) is 0 Å². The average Bonchev–Trinajstić information content (AvgIpc) is 2.19. The maximum absolute atomic E-state index is 10.4. The highest BCUT2D eigenvalue weighted by Crippen LogP contribution is 2.03. The molecule has 0 saturated carbocycles. The van der Waals surface area contributed by atoms with E-state index in [1.54, 1.807) is 12.3 Å². The lowest BCUT2D eigenvalue weighted by Gasteiger charge is -1.93. The van der Waals surface area contributed by atoms with Crippen LogP contribution < -0.4 is 0 Å². The molecule has 0 saturated heterocycles. The number of pyridine rings is 1. The molecule has 0 bridgehead atoms. The summed E-state index contributed by atoms with van der Waals surface area (Å²) < 4.78 is 0. The van der Waals surface area contributed by atoms with Crippen molar-refractivity contribution in [2.24, 2.45) is 0 Å². The highest BCUT2D eigenvalue weighted by Gasteiger charge is 1.90. The molecule has 0 aliphatic rings. The highest BCUT2D eigenvalue weighted by atomic mass is 35.5. The van der Waals surface area contributed by atoms with Crippen molar-refractivity contribution < 1.29 is 4.79 Å². The number of halogens is 1. The Balaban J connectivity index is 2.71. The number of carbonyl (C=O) groups is 1. The lowest BCUT2D eigenvalue weighted by molar-refractivity contribution is 0.112. The second-order valence-electron chi connectivity index (χ2n) is 2.55. The van der Waals surface area contributed by atoms with Gasteiger partial charge < -0.3 is 0 Å². The van der Waals surface area contributed by atoms with Crippen LogP contribution in [0.2, 0.25) is 0 Å². The van der Waals surface area contributed by atoms with Crippen LogP contribution in [0.3, 0.4) is 0 Å². The lowest BCUT2D eigenvalue weighted by atomic mass is 10.2. The molecule has 3 heteroatoms. The van der Waals surface area contributed by atoms with Gasteiger partial charge in [-0.25, -0.2) is 0 Å². The fraction of sp³-hybridized carbons (Fsp3) is 0.200. The zero-order valence-electron chi connectivity index (χ0n) is 7.11. The van der Waals surface area contributed by atoms with Gasteiger partial charge in [0.25, 0.3) is 0 Å². The van der Waals surface area contributed by atoms with Gasteiger partial charge in [0.15, 0.2) is 6.29 Å². The Morgan fingerprint density at radius 3 is 2.85 bits per heavy atom. The molecule has 2 nitrogen and oxygen atoms in total. The summed E-state index contributed by atoms with van der Waals surface area (Å²) >= 11 is 5.50. The Bertz CT molecular complexity index is 310. The topological polar surface area (TPSA) is 30.0 Å². The van der Waals surface area contributed by atoms with Crippen LogP contribution in [-0.4, -0.2) is 17.2 Å². The summed E-state index contributed by atoms with van der Waals surface area (Å²) in [6, 6.07) is 1.78. The molecule has 1 heterocycles. The third-order valence-corrected chi connectivity index (χ3v) is 1.72. The van der Waals surface area contributed by atoms with Gasteiger partial charge in [-0.3, -0.25) is 9.78 Å². The van der Waals surface area contributed by atoms with Crippen LogP contribution in [0.15, 0.2) is 24.5 Å². The smallest absolute Gasteiger partial charge is 0.151 e. The Morgan fingerprint density at radius 2 is 2.15 bits per heavy atom.